The van der Waals surface area contributed by atoms with Crippen LogP contribution in [0.15, 0.2) is 24.3 Å². The average molecular weight is 426 g/mol. The number of H-pyrrole nitrogens is 1. The molecule has 0 spiro atoms. The second kappa shape index (κ2) is 8.93. The molecule has 168 valence electrons. The van der Waals surface area contributed by atoms with E-state index in [1.54, 1.807) is 7.05 Å². The molecule has 1 saturated carbocycles. The van der Waals surface area contributed by atoms with Gasteiger partial charge in [0.15, 0.2) is 0 Å². The van der Waals surface area contributed by atoms with Gasteiger partial charge in [-0.2, -0.15) is 0 Å². The summed E-state index contributed by atoms with van der Waals surface area (Å²) < 4.78 is 0. The topological polar surface area (TPSA) is 76.6 Å². The number of benzene rings is 1. The third kappa shape index (κ3) is 4.43. The Hall–Kier alpha value is -2.50. The minimum absolute atomic E-state index is 0.0620. The van der Waals surface area contributed by atoms with Crippen molar-refractivity contribution in [2.75, 3.05) is 20.1 Å². The van der Waals surface area contributed by atoms with Gasteiger partial charge in [-0.3, -0.25) is 4.79 Å². The number of aromatic nitrogens is 1. The van der Waals surface area contributed by atoms with Crippen molar-refractivity contribution >= 4 is 22.9 Å². The van der Waals surface area contributed by atoms with Crippen molar-refractivity contribution in [3.05, 3.63) is 35.5 Å². The van der Waals surface area contributed by atoms with Gasteiger partial charge in [0, 0.05) is 42.7 Å². The number of fused-ring (bicyclic) bond motifs is 3. The quantitative estimate of drug-likeness (QED) is 0.703. The standard InChI is InChI=1S/C25H35N3O3/c1-16(2)14-22-23-20(19-6-4-5-7-21(19)26-23)12-13-28(22)24(29)18-10-8-17(9-11-18)15-27(3)25(30)31/h4-7,16-18,22,26H,8-15H2,1-3H3,(H,30,31)/t17-,18-,22?. The SMILES string of the molecule is CC(C)CC1c2[nH]c3ccccc3c2CCN1C(=O)[C@H]1CC[C@H](CN(C)C(=O)O)CC1. The molecule has 4 rings (SSSR count). The van der Waals surface area contributed by atoms with Crippen LogP contribution >= 0.6 is 0 Å². The Balaban J connectivity index is 1.49. The molecule has 6 nitrogen and oxygen atoms in total. The first-order valence-electron chi connectivity index (χ1n) is 11.7. The Bertz CT molecular complexity index is 943. The van der Waals surface area contributed by atoms with Crippen molar-refractivity contribution in [3.63, 3.8) is 0 Å². The predicted octanol–water partition coefficient (Wildman–Crippen LogP) is 5.06. The van der Waals surface area contributed by atoms with Crippen LogP contribution in [0.5, 0.6) is 0 Å². The fourth-order valence-electron chi connectivity index (χ4n) is 5.57. The molecular formula is C25H35N3O3. The summed E-state index contributed by atoms with van der Waals surface area (Å²) >= 11 is 0. The van der Waals surface area contributed by atoms with Crippen molar-refractivity contribution in [2.45, 2.75) is 58.4 Å². The average Bonchev–Trinajstić information content (AvgIpc) is 3.13. The lowest BCUT2D eigenvalue weighted by molar-refractivity contribution is -0.140. The summed E-state index contributed by atoms with van der Waals surface area (Å²) in [6, 6.07) is 8.57. The largest absolute Gasteiger partial charge is 0.465 e. The van der Waals surface area contributed by atoms with Crippen LogP contribution in [-0.4, -0.2) is 52.0 Å². The molecule has 2 aliphatic rings. The number of rotatable bonds is 5. The zero-order valence-corrected chi connectivity index (χ0v) is 18.9. The van der Waals surface area contributed by atoms with Crippen LogP contribution in [0.1, 0.15) is 63.3 Å². The number of carboxylic acid groups (broad SMARTS) is 1. The first kappa shape index (κ1) is 21.7. The lowest BCUT2D eigenvalue weighted by atomic mass is 9.80. The van der Waals surface area contributed by atoms with Crippen molar-refractivity contribution < 1.29 is 14.7 Å². The summed E-state index contributed by atoms with van der Waals surface area (Å²) in [7, 11) is 1.63. The van der Waals surface area contributed by atoms with Crippen LogP contribution in [0.4, 0.5) is 4.79 Å². The van der Waals surface area contributed by atoms with E-state index in [2.05, 4.69) is 48.0 Å². The third-order valence-electron chi connectivity index (χ3n) is 7.19. The Morgan fingerprint density at radius 2 is 1.90 bits per heavy atom. The van der Waals surface area contributed by atoms with Gasteiger partial charge in [0.25, 0.3) is 0 Å². The molecule has 1 aliphatic heterocycles. The highest BCUT2D eigenvalue weighted by molar-refractivity contribution is 5.86. The predicted molar refractivity (Wildman–Crippen MR) is 122 cm³/mol. The highest BCUT2D eigenvalue weighted by Crippen LogP contribution is 2.40. The minimum atomic E-state index is -0.878. The van der Waals surface area contributed by atoms with Gasteiger partial charge >= 0.3 is 6.09 Å². The van der Waals surface area contributed by atoms with Crippen LogP contribution in [-0.2, 0) is 11.2 Å². The van der Waals surface area contributed by atoms with E-state index in [1.807, 2.05) is 0 Å². The number of hydrogen-bond acceptors (Lipinski definition) is 2. The zero-order valence-electron chi connectivity index (χ0n) is 18.9. The van der Waals surface area contributed by atoms with E-state index in [1.165, 1.54) is 27.1 Å². The molecule has 1 atom stereocenters. The molecule has 1 unspecified atom stereocenters. The molecule has 1 aromatic heterocycles. The molecule has 6 heteroatoms. The Labute approximate surface area is 184 Å². The van der Waals surface area contributed by atoms with E-state index >= 15 is 0 Å². The normalized spacial score (nSPS) is 23.7. The van der Waals surface area contributed by atoms with Gasteiger partial charge in [0.2, 0.25) is 5.91 Å². The van der Waals surface area contributed by atoms with Gasteiger partial charge in [-0.1, -0.05) is 32.0 Å². The number of amides is 2. The molecule has 1 aliphatic carbocycles. The summed E-state index contributed by atoms with van der Waals surface area (Å²) in [5, 5.41) is 10.4. The van der Waals surface area contributed by atoms with E-state index in [9.17, 15) is 9.59 Å². The molecule has 2 aromatic rings. The molecule has 1 aromatic carbocycles. The summed E-state index contributed by atoms with van der Waals surface area (Å²) in [6.07, 6.45) is 4.56. The fourth-order valence-corrected chi connectivity index (χ4v) is 5.57. The summed E-state index contributed by atoms with van der Waals surface area (Å²) in [6.45, 7) is 5.80. The maximum atomic E-state index is 13.6. The number of carbonyl (C=O) groups excluding carboxylic acids is 1. The van der Waals surface area contributed by atoms with Crippen LogP contribution in [0.2, 0.25) is 0 Å². The maximum Gasteiger partial charge on any atom is 0.407 e. The zero-order chi connectivity index (χ0) is 22.1. The number of para-hydroxylation sites is 1. The molecular weight excluding hydrogens is 390 g/mol. The maximum absolute atomic E-state index is 13.6. The van der Waals surface area contributed by atoms with Gasteiger partial charge < -0.3 is 19.9 Å². The Morgan fingerprint density at radius 1 is 1.19 bits per heavy atom. The van der Waals surface area contributed by atoms with E-state index in [0.717, 1.165) is 45.1 Å². The van der Waals surface area contributed by atoms with E-state index < -0.39 is 6.09 Å². The first-order chi connectivity index (χ1) is 14.8. The molecule has 0 radical (unpaired) electrons. The minimum Gasteiger partial charge on any atom is -0.465 e. The van der Waals surface area contributed by atoms with Crippen LogP contribution in [0.25, 0.3) is 10.9 Å². The van der Waals surface area contributed by atoms with Crippen molar-refractivity contribution in [1.82, 2.24) is 14.8 Å². The summed E-state index contributed by atoms with van der Waals surface area (Å²) in [5.41, 5.74) is 3.77. The van der Waals surface area contributed by atoms with E-state index in [-0.39, 0.29) is 12.0 Å². The smallest absolute Gasteiger partial charge is 0.407 e. The number of aromatic amines is 1. The molecule has 2 heterocycles. The monoisotopic (exact) mass is 425 g/mol. The van der Waals surface area contributed by atoms with Gasteiger partial charge in [-0.15, -0.1) is 0 Å². The molecule has 0 bridgehead atoms. The second-order valence-corrected chi connectivity index (χ2v) is 9.87. The van der Waals surface area contributed by atoms with Crippen LogP contribution < -0.4 is 0 Å². The second-order valence-electron chi connectivity index (χ2n) is 9.87. The summed E-state index contributed by atoms with van der Waals surface area (Å²) in [4.78, 5) is 31.9. The number of nitrogens with zero attached hydrogens (tertiary/aromatic N) is 2. The fraction of sp³-hybridized carbons (Fsp3) is 0.600. The van der Waals surface area contributed by atoms with Gasteiger partial charge in [0.1, 0.15) is 0 Å². The van der Waals surface area contributed by atoms with Crippen molar-refractivity contribution in [1.29, 1.82) is 0 Å². The summed E-state index contributed by atoms with van der Waals surface area (Å²) in [5.74, 6) is 1.21. The molecule has 0 saturated heterocycles. The lowest BCUT2D eigenvalue weighted by Crippen LogP contribution is -2.44. The highest BCUT2D eigenvalue weighted by Gasteiger charge is 2.37. The molecule has 2 N–H and O–H groups in total. The number of hydrogen-bond donors (Lipinski definition) is 2. The highest BCUT2D eigenvalue weighted by atomic mass is 16.4. The lowest BCUT2D eigenvalue weighted by Gasteiger charge is -2.40. The van der Waals surface area contributed by atoms with Crippen LogP contribution in [0, 0.1) is 17.8 Å². The van der Waals surface area contributed by atoms with E-state index in [4.69, 9.17) is 5.11 Å². The van der Waals surface area contributed by atoms with Crippen molar-refractivity contribution in [2.24, 2.45) is 17.8 Å². The van der Waals surface area contributed by atoms with Crippen LogP contribution in [0.3, 0.4) is 0 Å². The molecule has 2 amide bonds. The Morgan fingerprint density at radius 3 is 2.58 bits per heavy atom. The Kier molecular flexibility index (Phi) is 6.26. The van der Waals surface area contributed by atoms with E-state index in [0.29, 0.717) is 24.3 Å². The van der Waals surface area contributed by atoms with Crippen molar-refractivity contribution in [3.8, 4) is 0 Å². The first-order valence-corrected chi connectivity index (χ1v) is 11.7. The number of nitrogens with one attached hydrogen (secondary N) is 1. The van der Waals surface area contributed by atoms with Gasteiger partial charge in [0.05, 0.1) is 6.04 Å². The van der Waals surface area contributed by atoms with Gasteiger partial charge in [-0.05, 0) is 62.0 Å². The third-order valence-corrected chi connectivity index (χ3v) is 7.19. The molecule has 1 fully saturated rings. The molecule has 31 heavy (non-hydrogen) atoms. The van der Waals surface area contributed by atoms with Gasteiger partial charge in [-0.25, -0.2) is 4.79 Å². The number of carbonyl (C=O) groups is 2.